The molecule has 0 bridgehead atoms. The number of hydrogen-bond acceptors (Lipinski definition) is 12. The second-order valence-corrected chi connectivity index (χ2v) is 12.1. The monoisotopic (exact) mass is 637 g/mol. The van der Waals surface area contributed by atoms with Crippen LogP contribution in [0.25, 0.3) is 0 Å². The maximum atomic E-state index is 12.5. The number of nitrogens with zero attached hydrogens (tertiary/aromatic N) is 1. The van der Waals surface area contributed by atoms with Gasteiger partial charge in [0.1, 0.15) is 5.78 Å². The van der Waals surface area contributed by atoms with Gasteiger partial charge in [0.05, 0.1) is 78.9 Å². The van der Waals surface area contributed by atoms with Crippen LogP contribution >= 0.6 is 0 Å². The quantitative estimate of drug-likeness (QED) is 0.110. The van der Waals surface area contributed by atoms with Crippen LogP contribution in [0.5, 0.6) is 0 Å². The summed E-state index contributed by atoms with van der Waals surface area (Å²) in [5.41, 5.74) is 0. The standard InChI is InChI=1S/C28H47NO13S/c30-24(23-8-6-4-2-1-3-5-7-9-23)10-12-37-14-16-39-18-20-41-21-19-40-17-15-38-13-11-27(32)42-29-26(31)22-25(28(29)33)43(34,35)36/h23,25H,1-22H2,(H,34,35,36). The van der Waals surface area contributed by atoms with Crippen LogP contribution in [0.2, 0.25) is 0 Å². The van der Waals surface area contributed by atoms with Gasteiger partial charge in [-0.2, -0.15) is 8.42 Å². The van der Waals surface area contributed by atoms with Crippen molar-refractivity contribution >= 4 is 33.7 Å². The zero-order valence-electron chi connectivity index (χ0n) is 24.9. The van der Waals surface area contributed by atoms with Crippen LogP contribution in [0.4, 0.5) is 0 Å². The second kappa shape index (κ2) is 21.7. The summed E-state index contributed by atoms with van der Waals surface area (Å²) in [5.74, 6) is -2.80. The van der Waals surface area contributed by atoms with Gasteiger partial charge in [0.25, 0.3) is 21.9 Å². The van der Waals surface area contributed by atoms with Crippen LogP contribution in [0.3, 0.4) is 0 Å². The van der Waals surface area contributed by atoms with Gasteiger partial charge in [-0.25, -0.2) is 4.79 Å². The van der Waals surface area contributed by atoms with E-state index >= 15 is 0 Å². The van der Waals surface area contributed by atoms with Crippen molar-refractivity contribution in [1.29, 1.82) is 0 Å². The summed E-state index contributed by atoms with van der Waals surface area (Å²) in [5, 5.41) is -1.92. The average molecular weight is 638 g/mol. The molecule has 0 spiro atoms. The van der Waals surface area contributed by atoms with E-state index in [9.17, 15) is 27.6 Å². The first-order chi connectivity index (χ1) is 20.7. The van der Waals surface area contributed by atoms with Crippen molar-refractivity contribution in [2.45, 2.75) is 82.3 Å². The maximum absolute atomic E-state index is 12.5. The zero-order chi connectivity index (χ0) is 31.3. The summed E-state index contributed by atoms with van der Waals surface area (Å²) in [6, 6.07) is 0. The number of carbonyl (C=O) groups is 4. The van der Waals surface area contributed by atoms with Crippen molar-refractivity contribution in [2.75, 3.05) is 66.1 Å². The number of amides is 2. The Hall–Kier alpha value is -2.01. The van der Waals surface area contributed by atoms with Crippen molar-refractivity contribution in [3.05, 3.63) is 0 Å². The lowest BCUT2D eigenvalue weighted by Crippen LogP contribution is -2.36. The molecule has 0 aromatic carbocycles. The minimum absolute atomic E-state index is 0.0500. The van der Waals surface area contributed by atoms with Crippen molar-refractivity contribution in [3.8, 4) is 0 Å². The maximum Gasteiger partial charge on any atom is 0.335 e. The molecule has 1 N–H and O–H groups in total. The van der Waals surface area contributed by atoms with Crippen LogP contribution in [-0.2, 0) is 57.8 Å². The first kappa shape index (κ1) is 37.2. The number of hydroxylamine groups is 2. The fourth-order valence-electron chi connectivity index (χ4n) is 4.70. The number of Topliss-reactive ketones (excluding diaryl/α,β-unsaturated/α-hetero) is 1. The molecule has 2 rings (SSSR count). The van der Waals surface area contributed by atoms with Gasteiger partial charge in [-0.15, -0.1) is 5.06 Å². The van der Waals surface area contributed by atoms with E-state index in [0.29, 0.717) is 58.5 Å². The molecule has 2 aliphatic rings. The molecule has 15 heteroatoms. The Morgan fingerprint density at radius 1 is 0.674 bits per heavy atom. The Balaban J connectivity index is 1.34. The second-order valence-electron chi connectivity index (χ2n) is 10.5. The van der Waals surface area contributed by atoms with Gasteiger partial charge in [0.15, 0.2) is 5.25 Å². The predicted octanol–water partition coefficient (Wildman–Crippen LogP) is 2.03. The zero-order valence-corrected chi connectivity index (χ0v) is 25.7. The molecule has 2 amide bonds. The minimum atomic E-state index is -4.78. The molecule has 248 valence electrons. The Morgan fingerprint density at radius 2 is 1.09 bits per heavy atom. The van der Waals surface area contributed by atoms with Gasteiger partial charge in [-0.05, 0) is 12.8 Å². The summed E-state index contributed by atoms with van der Waals surface area (Å²) in [6.07, 6.45) is 10.1. The van der Waals surface area contributed by atoms with Crippen LogP contribution in [0.1, 0.15) is 77.0 Å². The Labute approximate surface area is 253 Å². The predicted molar refractivity (Wildman–Crippen MR) is 151 cm³/mol. The first-order valence-corrected chi connectivity index (χ1v) is 16.7. The lowest BCUT2D eigenvalue weighted by atomic mass is 9.88. The fourth-order valence-corrected chi connectivity index (χ4v) is 5.41. The fraction of sp³-hybridized carbons (Fsp3) is 0.857. The van der Waals surface area contributed by atoms with Gasteiger partial charge >= 0.3 is 5.97 Å². The van der Waals surface area contributed by atoms with Gasteiger partial charge in [-0.1, -0.05) is 44.9 Å². The van der Waals surface area contributed by atoms with Crippen molar-refractivity contribution in [2.24, 2.45) is 5.92 Å². The van der Waals surface area contributed by atoms with Crippen LogP contribution in [0, 0.1) is 5.92 Å². The van der Waals surface area contributed by atoms with Crippen molar-refractivity contribution in [3.63, 3.8) is 0 Å². The molecule has 0 aromatic rings. The number of ether oxygens (including phenoxy) is 5. The summed E-state index contributed by atoms with van der Waals surface area (Å²) < 4.78 is 58.1. The minimum Gasteiger partial charge on any atom is -0.379 e. The molecule has 1 atom stereocenters. The molecular formula is C28H47NO13S. The number of hydrogen-bond donors (Lipinski definition) is 1. The Bertz CT molecular complexity index is 948. The number of imide groups is 1. The van der Waals surface area contributed by atoms with Gasteiger partial charge in [0, 0.05) is 12.3 Å². The number of ketones is 1. The molecule has 0 aromatic heterocycles. The first-order valence-electron chi connectivity index (χ1n) is 15.2. The van der Waals surface area contributed by atoms with Crippen LogP contribution < -0.4 is 0 Å². The van der Waals surface area contributed by atoms with Gasteiger partial charge in [-0.3, -0.25) is 18.9 Å². The highest BCUT2D eigenvalue weighted by atomic mass is 32.2. The van der Waals surface area contributed by atoms with E-state index in [2.05, 4.69) is 4.84 Å². The molecule has 1 heterocycles. The highest BCUT2D eigenvalue weighted by Gasteiger charge is 2.48. The highest BCUT2D eigenvalue weighted by Crippen LogP contribution is 2.23. The smallest absolute Gasteiger partial charge is 0.335 e. The van der Waals surface area contributed by atoms with E-state index in [-0.39, 0.29) is 37.2 Å². The molecule has 1 aliphatic carbocycles. The topological polar surface area (TPSA) is 181 Å². The van der Waals surface area contributed by atoms with Crippen LogP contribution in [0.15, 0.2) is 0 Å². The van der Waals surface area contributed by atoms with E-state index in [1.165, 1.54) is 32.1 Å². The Kier molecular flexibility index (Phi) is 18.7. The van der Waals surface area contributed by atoms with Crippen molar-refractivity contribution in [1.82, 2.24) is 5.06 Å². The third-order valence-electron chi connectivity index (χ3n) is 7.11. The average Bonchev–Trinajstić information content (AvgIpc) is 3.26. The van der Waals surface area contributed by atoms with E-state index < -0.39 is 39.6 Å². The molecule has 2 fully saturated rings. The van der Waals surface area contributed by atoms with E-state index in [4.69, 9.17) is 28.2 Å². The van der Waals surface area contributed by atoms with Gasteiger partial charge < -0.3 is 28.5 Å². The van der Waals surface area contributed by atoms with E-state index in [1.54, 1.807) is 0 Å². The highest BCUT2D eigenvalue weighted by molar-refractivity contribution is 7.87. The third-order valence-corrected chi connectivity index (χ3v) is 8.19. The Morgan fingerprint density at radius 3 is 1.53 bits per heavy atom. The SMILES string of the molecule is O=C(CCOCCOCCOCCOCCOCCC(=O)C1CCCCCCCCC1)ON1C(=O)CC(S(=O)(=O)O)C1=O. The molecular weight excluding hydrogens is 590 g/mol. The van der Waals surface area contributed by atoms with E-state index in [1.807, 2.05) is 0 Å². The summed E-state index contributed by atoms with van der Waals surface area (Å²) in [7, 11) is -4.78. The molecule has 0 radical (unpaired) electrons. The number of carbonyl (C=O) groups excluding carboxylic acids is 4. The molecule has 14 nitrogen and oxygen atoms in total. The lowest BCUT2D eigenvalue weighted by molar-refractivity contribution is -0.198. The molecule has 1 aliphatic heterocycles. The molecule has 43 heavy (non-hydrogen) atoms. The largest absolute Gasteiger partial charge is 0.379 e. The normalized spacial score (nSPS) is 19.1. The van der Waals surface area contributed by atoms with E-state index in [0.717, 1.165) is 25.7 Å². The molecule has 1 unspecified atom stereocenters. The van der Waals surface area contributed by atoms with Crippen LogP contribution in [-0.4, -0.2) is 113 Å². The summed E-state index contributed by atoms with van der Waals surface area (Å²) in [6.45, 7) is 3.14. The molecule has 1 saturated carbocycles. The summed E-state index contributed by atoms with van der Waals surface area (Å²) >= 11 is 0. The third kappa shape index (κ3) is 16.0. The lowest BCUT2D eigenvalue weighted by Gasteiger charge is -2.17. The summed E-state index contributed by atoms with van der Waals surface area (Å²) in [4.78, 5) is 52.4. The molecule has 1 saturated heterocycles. The number of rotatable bonds is 21. The van der Waals surface area contributed by atoms with Gasteiger partial charge in [0.2, 0.25) is 0 Å². The van der Waals surface area contributed by atoms with Crippen molar-refractivity contribution < 1.29 is 60.7 Å².